The third kappa shape index (κ3) is 4.22. The molecule has 8 heteroatoms. The molecule has 0 saturated carbocycles. The molecule has 0 saturated heterocycles. The van der Waals surface area contributed by atoms with Crippen molar-refractivity contribution in [2.45, 2.75) is 11.7 Å². The molecule has 1 aliphatic heterocycles. The van der Waals surface area contributed by atoms with Gasteiger partial charge in [-0.1, -0.05) is 60.3 Å². The minimum atomic E-state index is -0.432. The zero-order chi connectivity index (χ0) is 21.9. The van der Waals surface area contributed by atoms with Crippen LogP contribution in [0, 0.1) is 5.82 Å². The fourth-order valence-electron chi connectivity index (χ4n) is 3.44. The average Bonchev–Trinajstić information content (AvgIpc) is 3.44. The smallest absolute Gasteiger partial charge is 0.231 e. The lowest BCUT2D eigenvalue weighted by Crippen LogP contribution is -2.07. The molecule has 4 aromatic rings. The van der Waals surface area contributed by atoms with Crippen LogP contribution in [-0.2, 0) is 6.54 Å². The molecular formula is C24H18FN3O3S. The molecule has 3 aromatic carbocycles. The van der Waals surface area contributed by atoms with Crippen LogP contribution in [0.2, 0.25) is 0 Å². The molecule has 32 heavy (non-hydrogen) atoms. The second-order valence-corrected chi connectivity index (χ2v) is 8.11. The predicted octanol–water partition coefficient (Wildman–Crippen LogP) is 4.84. The predicted molar refractivity (Wildman–Crippen MR) is 119 cm³/mol. The van der Waals surface area contributed by atoms with Crippen LogP contribution in [0.25, 0.3) is 11.4 Å². The topological polar surface area (TPSA) is 66.2 Å². The third-order valence-corrected chi connectivity index (χ3v) is 5.97. The Labute approximate surface area is 188 Å². The van der Waals surface area contributed by atoms with E-state index >= 15 is 0 Å². The van der Waals surface area contributed by atoms with Crippen molar-refractivity contribution in [1.29, 1.82) is 0 Å². The molecule has 0 amide bonds. The minimum Gasteiger partial charge on any atom is -0.454 e. The van der Waals surface area contributed by atoms with Crippen LogP contribution < -0.4 is 9.47 Å². The monoisotopic (exact) mass is 447 g/mol. The molecule has 0 aliphatic carbocycles. The molecule has 5 rings (SSSR count). The number of hydrogen-bond donors (Lipinski definition) is 0. The molecule has 1 aromatic heterocycles. The Bertz CT molecular complexity index is 1280. The quantitative estimate of drug-likeness (QED) is 0.298. The molecule has 0 spiro atoms. The van der Waals surface area contributed by atoms with Gasteiger partial charge in [0.15, 0.2) is 28.3 Å². The maximum absolute atomic E-state index is 13.5. The summed E-state index contributed by atoms with van der Waals surface area (Å²) in [5.74, 6) is 1.64. The summed E-state index contributed by atoms with van der Waals surface area (Å²) >= 11 is 1.28. The van der Waals surface area contributed by atoms with E-state index in [1.807, 2.05) is 53.1 Å². The molecule has 1 aliphatic rings. The summed E-state index contributed by atoms with van der Waals surface area (Å²) in [6.07, 6.45) is 0. The molecule has 0 fully saturated rings. The zero-order valence-electron chi connectivity index (χ0n) is 16.9. The number of halogens is 1. The molecule has 0 atom stereocenters. The SMILES string of the molecule is O=C(CSc1nnc(-c2ccccc2)n1Cc1ccc2c(c1)OCO2)c1cccc(F)c1. The van der Waals surface area contributed by atoms with Gasteiger partial charge in [0.2, 0.25) is 6.79 Å². The summed E-state index contributed by atoms with van der Waals surface area (Å²) < 4.78 is 26.3. The maximum Gasteiger partial charge on any atom is 0.231 e. The number of fused-ring (bicyclic) bond motifs is 1. The van der Waals surface area contributed by atoms with Crippen LogP contribution in [0.4, 0.5) is 4.39 Å². The van der Waals surface area contributed by atoms with E-state index in [0.29, 0.717) is 28.8 Å². The Morgan fingerprint density at radius 1 is 0.969 bits per heavy atom. The number of benzene rings is 3. The van der Waals surface area contributed by atoms with E-state index in [1.165, 1.54) is 30.0 Å². The van der Waals surface area contributed by atoms with Gasteiger partial charge in [0.05, 0.1) is 12.3 Å². The Hall–Kier alpha value is -3.65. The van der Waals surface area contributed by atoms with Crippen LogP contribution in [0.15, 0.2) is 78.0 Å². The number of aromatic nitrogens is 3. The van der Waals surface area contributed by atoms with Crippen molar-refractivity contribution in [3.8, 4) is 22.9 Å². The fourth-order valence-corrected chi connectivity index (χ4v) is 4.27. The number of ether oxygens (including phenoxy) is 2. The van der Waals surface area contributed by atoms with Crippen molar-refractivity contribution >= 4 is 17.5 Å². The second kappa shape index (κ2) is 8.84. The first-order valence-corrected chi connectivity index (χ1v) is 10.9. The van der Waals surface area contributed by atoms with Crippen molar-refractivity contribution in [3.63, 3.8) is 0 Å². The number of thioether (sulfide) groups is 1. The van der Waals surface area contributed by atoms with Crippen molar-refractivity contribution in [2.75, 3.05) is 12.5 Å². The highest BCUT2D eigenvalue weighted by Crippen LogP contribution is 2.33. The Morgan fingerprint density at radius 2 is 1.81 bits per heavy atom. The third-order valence-electron chi connectivity index (χ3n) is 5.01. The van der Waals surface area contributed by atoms with Gasteiger partial charge in [-0.3, -0.25) is 9.36 Å². The molecule has 2 heterocycles. The molecular weight excluding hydrogens is 429 g/mol. The van der Waals surface area contributed by atoms with E-state index in [9.17, 15) is 9.18 Å². The highest BCUT2D eigenvalue weighted by atomic mass is 32.2. The Balaban J connectivity index is 1.43. The van der Waals surface area contributed by atoms with Gasteiger partial charge in [-0.05, 0) is 29.8 Å². The van der Waals surface area contributed by atoms with Gasteiger partial charge < -0.3 is 9.47 Å². The van der Waals surface area contributed by atoms with Crippen LogP contribution in [-0.4, -0.2) is 33.1 Å². The minimum absolute atomic E-state index is 0.123. The average molecular weight is 447 g/mol. The lowest BCUT2D eigenvalue weighted by molar-refractivity contribution is 0.102. The number of carbonyl (C=O) groups excluding carboxylic acids is 1. The summed E-state index contributed by atoms with van der Waals surface area (Å²) in [4.78, 5) is 12.6. The Morgan fingerprint density at radius 3 is 2.66 bits per heavy atom. The lowest BCUT2D eigenvalue weighted by atomic mass is 10.1. The number of carbonyl (C=O) groups is 1. The molecule has 160 valence electrons. The highest BCUT2D eigenvalue weighted by Gasteiger charge is 2.19. The van der Waals surface area contributed by atoms with E-state index < -0.39 is 5.82 Å². The molecule has 0 radical (unpaired) electrons. The normalized spacial score (nSPS) is 12.2. The van der Waals surface area contributed by atoms with Gasteiger partial charge in [0.25, 0.3) is 0 Å². The van der Waals surface area contributed by atoms with E-state index in [-0.39, 0.29) is 18.3 Å². The Kier molecular flexibility index (Phi) is 5.60. The van der Waals surface area contributed by atoms with Crippen molar-refractivity contribution in [2.24, 2.45) is 0 Å². The summed E-state index contributed by atoms with van der Waals surface area (Å²) in [6.45, 7) is 0.703. The largest absolute Gasteiger partial charge is 0.454 e. The summed E-state index contributed by atoms with van der Waals surface area (Å²) in [6, 6.07) is 21.2. The summed E-state index contributed by atoms with van der Waals surface area (Å²) in [7, 11) is 0. The number of ketones is 1. The number of rotatable bonds is 7. The van der Waals surface area contributed by atoms with Crippen LogP contribution in [0.5, 0.6) is 11.5 Å². The first-order valence-electron chi connectivity index (χ1n) is 9.96. The summed E-state index contributed by atoms with van der Waals surface area (Å²) in [5.41, 5.74) is 2.25. The second-order valence-electron chi connectivity index (χ2n) is 7.17. The molecule has 0 bridgehead atoms. The van der Waals surface area contributed by atoms with Gasteiger partial charge in [-0.15, -0.1) is 10.2 Å². The van der Waals surface area contributed by atoms with Crippen LogP contribution in [0.1, 0.15) is 15.9 Å². The lowest BCUT2D eigenvalue weighted by Gasteiger charge is -2.11. The van der Waals surface area contributed by atoms with Crippen LogP contribution in [0.3, 0.4) is 0 Å². The first kappa shape index (κ1) is 20.3. The van der Waals surface area contributed by atoms with Crippen molar-refractivity contribution in [3.05, 3.63) is 89.7 Å². The van der Waals surface area contributed by atoms with Gasteiger partial charge in [0.1, 0.15) is 5.82 Å². The molecule has 6 nitrogen and oxygen atoms in total. The van der Waals surface area contributed by atoms with E-state index in [4.69, 9.17) is 9.47 Å². The number of hydrogen-bond acceptors (Lipinski definition) is 6. The van der Waals surface area contributed by atoms with Crippen molar-refractivity contribution < 1.29 is 18.7 Å². The van der Waals surface area contributed by atoms with Crippen molar-refractivity contribution in [1.82, 2.24) is 14.8 Å². The fraction of sp³-hybridized carbons (Fsp3) is 0.125. The standard InChI is InChI=1S/C24H18FN3O3S/c25-19-8-4-7-18(12-19)20(29)14-32-24-27-26-23(17-5-2-1-3-6-17)28(24)13-16-9-10-21-22(11-16)31-15-30-21/h1-12H,13-15H2. The maximum atomic E-state index is 13.5. The first-order chi connectivity index (χ1) is 15.7. The molecule has 0 N–H and O–H groups in total. The van der Waals surface area contributed by atoms with Gasteiger partial charge in [0, 0.05) is 11.1 Å². The number of Topliss-reactive ketones (excluding diaryl/α,β-unsaturated/α-hetero) is 1. The van der Waals surface area contributed by atoms with Gasteiger partial charge in [-0.25, -0.2) is 4.39 Å². The van der Waals surface area contributed by atoms with E-state index in [2.05, 4.69) is 10.2 Å². The number of nitrogens with zero attached hydrogens (tertiary/aromatic N) is 3. The summed E-state index contributed by atoms with van der Waals surface area (Å²) in [5, 5.41) is 9.33. The van der Waals surface area contributed by atoms with E-state index in [1.54, 1.807) is 6.07 Å². The van der Waals surface area contributed by atoms with Gasteiger partial charge >= 0.3 is 0 Å². The van der Waals surface area contributed by atoms with Gasteiger partial charge in [-0.2, -0.15) is 0 Å². The van der Waals surface area contributed by atoms with Crippen LogP contribution >= 0.6 is 11.8 Å². The molecule has 0 unspecified atom stereocenters. The van der Waals surface area contributed by atoms with E-state index in [0.717, 1.165) is 16.9 Å². The zero-order valence-corrected chi connectivity index (χ0v) is 17.7. The highest BCUT2D eigenvalue weighted by molar-refractivity contribution is 7.99.